The number of hydrogen-bond acceptors (Lipinski definition) is 2. The van der Waals surface area contributed by atoms with E-state index in [4.69, 9.17) is 9.47 Å². The SMILES string of the molecule is COC[C@@H](CC1(C)CC1)OC. The Morgan fingerprint density at radius 3 is 2.36 bits per heavy atom. The van der Waals surface area contributed by atoms with Crippen molar-refractivity contribution in [2.45, 2.75) is 32.3 Å². The lowest BCUT2D eigenvalue weighted by molar-refractivity contribution is 0.0126. The second-order valence-corrected chi connectivity index (χ2v) is 3.83. The fourth-order valence-electron chi connectivity index (χ4n) is 1.36. The molecule has 66 valence electrons. The first-order valence-corrected chi connectivity index (χ1v) is 4.22. The van der Waals surface area contributed by atoms with Gasteiger partial charge in [0.15, 0.2) is 0 Å². The Kier molecular flexibility index (Phi) is 2.90. The van der Waals surface area contributed by atoms with Crippen molar-refractivity contribution in [2.24, 2.45) is 5.41 Å². The van der Waals surface area contributed by atoms with E-state index in [9.17, 15) is 0 Å². The molecule has 2 heteroatoms. The highest BCUT2D eigenvalue weighted by atomic mass is 16.5. The monoisotopic (exact) mass is 158 g/mol. The minimum absolute atomic E-state index is 0.299. The van der Waals surface area contributed by atoms with Gasteiger partial charge >= 0.3 is 0 Å². The highest BCUT2D eigenvalue weighted by Gasteiger charge is 2.39. The zero-order valence-corrected chi connectivity index (χ0v) is 7.72. The number of methoxy groups -OCH3 is 2. The Morgan fingerprint density at radius 2 is 2.00 bits per heavy atom. The molecule has 0 aliphatic heterocycles. The smallest absolute Gasteiger partial charge is 0.0809 e. The summed E-state index contributed by atoms with van der Waals surface area (Å²) in [5.74, 6) is 0. The Labute approximate surface area is 68.9 Å². The molecule has 11 heavy (non-hydrogen) atoms. The number of rotatable bonds is 5. The Morgan fingerprint density at radius 1 is 1.36 bits per heavy atom. The summed E-state index contributed by atoms with van der Waals surface area (Å²) < 4.78 is 10.3. The lowest BCUT2D eigenvalue weighted by atomic mass is 10.0. The summed E-state index contributed by atoms with van der Waals surface area (Å²) >= 11 is 0. The second-order valence-electron chi connectivity index (χ2n) is 3.83. The predicted molar refractivity (Wildman–Crippen MR) is 44.6 cm³/mol. The molecule has 0 N–H and O–H groups in total. The van der Waals surface area contributed by atoms with Crippen LogP contribution in [0, 0.1) is 5.41 Å². The van der Waals surface area contributed by atoms with E-state index in [2.05, 4.69) is 6.92 Å². The first kappa shape index (κ1) is 9.01. The van der Waals surface area contributed by atoms with Gasteiger partial charge in [-0.05, 0) is 24.7 Å². The van der Waals surface area contributed by atoms with Crippen LogP contribution < -0.4 is 0 Å². The summed E-state index contributed by atoms with van der Waals surface area (Å²) in [6.07, 6.45) is 4.16. The Hall–Kier alpha value is -0.0800. The van der Waals surface area contributed by atoms with Gasteiger partial charge in [0, 0.05) is 14.2 Å². The summed E-state index contributed by atoms with van der Waals surface area (Å²) in [6.45, 7) is 3.04. The fraction of sp³-hybridized carbons (Fsp3) is 1.00. The fourth-order valence-corrected chi connectivity index (χ4v) is 1.36. The second kappa shape index (κ2) is 3.55. The van der Waals surface area contributed by atoms with Crippen molar-refractivity contribution in [1.82, 2.24) is 0 Å². The van der Waals surface area contributed by atoms with Gasteiger partial charge in [0.2, 0.25) is 0 Å². The Bertz CT molecular complexity index is 119. The zero-order chi connectivity index (χ0) is 8.32. The molecule has 0 aromatic rings. The van der Waals surface area contributed by atoms with Crippen molar-refractivity contribution in [3.05, 3.63) is 0 Å². The molecule has 0 bridgehead atoms. The maximum absolute atomic E-state index is 5.28. The molecule has 2 nitrogen and oxygen atoms in total. The summed E-state index contributed by atoms with van der Waals surface area (Å²) in [6, 6.07) is 0. The minimum Gasteiger partial charge on any atom is -0.382 e. The van der Waals surface area contributed by atoms with Gasteiger partial charge in [-0.2, -0.15) is 0 Å². The van der Waals surface area contributed by atoms with Crippen molar-refractivity contribution >= 4 is 0 Å². The molecule has 0 radical (unpaired) electrons. The van der Waals surface area contributed by atoms with Crippen molar-refractivity contribution in [1.29, 1.82) is 0 Å². The summed E-state index contributed by atoms with van der Waals surface area (Å²) in [7, 11) is 3.48. The third kappa shape index (κ3) is 2.80. The average Bonchev–Trinajstić information content (AvgIpc) is 2.68. The summed E-state index contributed by atoms with van der Waals surface area (Å²) in [5, 5.41) is 0. The lowest BCUT2D eigenvalue weighted by Crippen LogP contribution is -2.20. The molecular weight excluding hydrogens is 140 g/mol. The van der Waals surface area contributed by atoms with Gasteiger partial charge in [0.25, 0.3) is 0 Å². The molecule has 1 saturated carbocycles. The van der Waals surface area contributed by atoms with Crippen LogP contribution in [0.15, 0.2) is 0 Å². The molecule has 0 aromatic heterocycles. The third-order valence-electron chi connectivity index (χ3n) is 2.51. The van der Waals surface area contributed by atoms with E-state index in [-0.39, 0.29) is 0 Å². The van der Waals surface area contributed by atoms with Gasteiger partial charge in [-0.15, -0.1) is 0 Å². The van der Waals surface area contributed by atoms with E-state index in [1.807, 2.05) is 0 Å². The maximum atomic E-state index is 5.28. The normalized spacial score (nSPS) is 23.2. The zero-order valence-electron chi connectivity index (χ0n) is 7.72. The predicted octanol–water partition coefficient (Wildman–Crippen LogP) is 1.84. The molecule has 0 saturated heterocycles. The molecule has 1 fully saturated rings. The van der Waals surface area contributed by atoms with Crippen LogP contribution >= 0.6 is 0 Å². The average molecular weight is 158 g/mol. The molecule has 0 spiro atoms. The Balaban J connectivity index is 2.20. The third-order valence-corrected chi connectivity index (χ3v) is 2.51. The highest BCUT2D eigenvalue weighted by molar-refractivity contribution is 4.90. The number of hydrogen-bond donors (Lipinski definition) is 0. The minimum atomic E-state index is 0.299. The maximum Gasteiger partial charge on any atom is 0.0809 e. The molecule has 0 unspecified atom stereocenters. The summed E-state index contributed by atoms with van der Waals surface area (Å²) in [5.41, 5.74) is 0.569. The topological polar surface area (TPSA) is 18.5 Å². The molecule has 0 heterocycles. The molecule has 1 aliphatic rings. The van der Waals surface area contributed by atoms with Gasteiger partial charge in [-0.1, -0.05) is 6.92 Å². The van der Waals surface area contributed by atoms with Crippen LogP contribution in [-0.4, -0.2) is 26.9 Å². The van der Waals surface area contributed by atoms with E-state index in [0.29, 0.717) is 11.5 Å². The van der Waals surface area contributed by atoms with Crippen LogP contribution in [0.25, 0.3) is 0 Å². The van der Waals surface area contributed by atoms with Crippen LogP contribution in [0.2, 0.25) is 0 Å². The van der Waals surface area contributed by atoms with Crippen molar-refractivity contribution in [3.8, 4) is 0 Å². The van der Waals surface area contributed by atoms with Gasteiger partial charge in [-0.3, -0.25) is 0 Å². The van der Waals surface area contributed by atoms with Crippen LogP contribution in [0.3, 0.4) is 0 Å². The van der Waals surface area contributed by atoms with Crippen LogP contribution in [0.1, 0.15) is 26.2 Å². The first-order valence-electron chi connectivity index (χ1n) is 4.22. The van der Waals surface area contributed by atoms with E-state index in [0.717, 1.165) is 13.0 Å². The lowest BCUT2D eigenvalue weighted by Gasteiger charge is -2.17. The van der Waals surface area contributed by atoms with Crippen molar-refractivity contribution < 1.29 is 9.47 Å². The van der Waals surface area contributed by atoms with E-state index in [1.165, 1.54) is 12.8 Å². The standard InChI is InChI=1S/C9H18O2/c1-9(4-5-9)6-8(11-3)7-10-2/h8H,4-7H2,1-3H3/t8-/m1/s1. The quantitative estimate of drug-likeness (QED) is 0.607. The van der Waals surface area contributed by atoms with E-state index in [1.54, 1.807) is 14.2 Å². The van der Waals surface area contributed by atoms with Crippen molar-refractivity contribution in [3.63, 3.8) is 0 Å². The van der Waals surface area contributed by atoms with E-state index < -0.39 is 0 Å². The molecule has 1 atom stereocenters. The molecule has 0 amide bonds. The van der Waals surface area contributed by atoms with Gasteiger partial charge in [-0.25, -0.2) is 0 Å². The van der Waals surface area contributed by atoms with Crippen molar-refractivity contribution in [2.75, 3.05) is 20.8 Å². The molecule has 1 rings (SSSR count). The van der Waals surface area contributed by atoms with Crippen LogP contribution in [-0.2, 0) is 9.47 Å². The van der Waals surface area contributed by atoms with Gasteiger partial charge < -0.3 is 9.47 Å². The van der Waals surface area contributed by atoms with Crippen LogP contribution in [0.4, 0.5) is 0 Å². The van der Waals surface area contributed by atoms with Crippen LogP contribution in [0.5, 0.6) is 0 Å². The highest BCUT2D eigenvalue weighted by Crippen LogP contribution is 2.49. The first-order chi connectivity index (χ1) is 5.20. The summed E-state index contributed by atoms with van der Waals surface area (Å²) in [4.78, 5) is 0. The molecule has 1 aliphatic carbocycles. The largest absolute Gasteiger partial charge is 0.382 e. The van der Waals surface area contributed by atoms with Gasteiger partial charge in [0.1, 0.15) is 0 Å². The van der Waals surface area contributed by atoms with E-state index >= 15 is 0 Å². The van der Waals surface area contributed by atoms with Gasteiger partial charge in [0.05, 0.1) is 12.7 Å². The molecule has 0 aromatic carbocycles. The molecular formula is C9H18O2. The number of ether oxygens (including phenoxy) is 2.